The summed E-state index contributed by atoms with van der Waals surface area (Å²) in [5.41, 5.74) is 0.563. The van der Waals surface area contributed by atoms with Gasteiger partial charge < -0.3 is 0 Å². The Labute approximate surface area is 224 Å². The topological polar surface area (TPSA) is 87.2 Å². The van der Waals surface area contributed by atoms with Crippen LogP contribution in [0.4, 0.5) is 20.2 Å². The Bertz CT molecular complexity index is 1500. The molecule has 0 aliphatic carbocycles. The average Bonchev–Trinajstić information content (AvgIpc) is 2.96. The summed E-state index contributed by atoms with van der Waals surface area (Å²) in [6.07, 6.45) is 0.961. The summed E-state index contributed by atoms with van der Waals surface area (Å²) in [6.45, 7) is 2.22. The summed E-state index contributed by atoms with van der Waals surface area (Å²) in [5.74, 6) is -4.13. The van der Waals surface area contributed by atoms with Crippen molar-refractivity contribution in [3.05, 3.63) is 71.3 Å². The molecule has 2 aliphatic heterocycles. The predicted octanol–water partition coefficient (Wildman–Crippen LogP) is 1.82. The number of para-hydroxylation sites is 1. The number of rotatable bonds is 5. The summed E-state index contributed by atoms with van der Waals surface area (Å²) in [4.78, 5) is 13.5. The van der Waals surface area contributed by atoms with E-state index in [0.717, 1.165) is 22.6 Å². The molecule has 0 aromatic heterocycles. The number of carboxylic acids is 1. The van der Waals surface area contributed by atoms with Gasteiger partial charge in [0.1, 0.15) is 0 Å². The molecule has 7 nitrogen and oxygen atoms in total. The molecule has 0 radical (unpaired) electrons. The fraction of sp³-hybridized carbons (Fsp3) is 0.269. The van der Waals surface area contributed by atoms with Crippen molar-refractivity contribution in [3.63, 3.8) is 0 Å². The number of hydrogen-bond donors (Lipinski definition) is 1. The second kappa shape index (κ2) is 9.84. The van der Waals surface area contributed by atoms with Crippen LogP contribution in [0.25, 0.3) is 11.1 Å². The van der Waals surface area contributed by atoms with Crippen molar-refractivity contribution in [1.29, 1.82) is 0 Å². The van der Waals surface area contributed by atoms with Crippen LogP contribution in [0, 0.1) is 11.6 Å². The van der Waals surface area contributed by atoms with Crippen LogP contribution in [-0.4, -0.2) is 45.9 Å². The van der Waals surface area contributed by atoms with Gasteiger partial charge in [-0.25, -0.2) is 0 Å². The van der Waals surface area contributed by atoms with E-state index in [9.17, 15) is 27.1 Å². The molecule has 1 unspecified atom stereocenters. The van der Waals surface area contributed by atoms with Crippen LogP contribution >= 0.6 is 0 Å². The number of alkyl halides is 2. The first-order valence-electron chi connectivity index (χ1n) is 11.6. The molecule has 0 saturated heterocycles. The molecule has 11 heteroatoms. The number of halogens is 3. The Morgan fingerprint density at radius 2 is 1.86 bits per heavy atom. The van der Waals surface area contributed by atoms with Crippen LogP contribution in [0.3, 0.4) is 0 Å². The minimum absolute atomic E-state index is 0.00123. The van der Waals surface area contributed by atoms with Crippen molar-refractivity contribution in [2.24, 2.45) is 0 Å². The van der Waals surface area contributed by atoms with Crippen LogP contribution in [0.15, 0.2) is 53.4 Å². The Balaban J connectivity index is 1.77. The van der Waals surface area contributed by atoms with Gasteiger partial charge >= 0.3 is 225 Å². The summed E-state index contributed by atoms with van der Waals surface area (Å²) >= 11 is -0.494. The van der Waals surface area contributed by atoms with Crippen molar-refractivity contribution in [3.8, 4) is 16.9 Å². The number of fused-ring (bicyclic) bond motifs is 4. The van der Waals surface area contributed by atoms with Crippen LogP contribution in [0.1, 0.15) is 29.3 Å². The van der Waals surface area contributed by atoms with E-state index in [-0.39, 0.29) is 38.0 Å². The summed E-state index contributed by atoms with van der Waals surface area (Å²) in [6, 6.07) is 13.5. The summed E-state index contributed by atoms with van der Waals surface area (Å²) in [7, 11) is -2.40. The third-order valence-corrected chi connectivity index (χ3v) is 12.7. The maximum atomic E-state index is 14.8. The van der Waals surface area contributed by atoms with Crippen molar-refractivity contribution in [2.45, 2.75) is 28.9 Å². The molecule has 3 aromatic carbocycles. The van der Waals surface area contributed by atoms with Crippen molar-refractivity contribution >= 4 is 27.4 Å². The van der Waals surface area contributed by atoms with E-state index < -0.39 is 54.4 Å². The first kappa shape index (κ1) is 25.9. The van der Waals surface area contributed by atoms with Gasteiger partial charge in [0, 0.05) is 0 Å². The fourth-order valence-corrected chi connectivity index (χ4v) is 9.77. The van der Waals surface area contributed by atoms with Gasteiger partial charge in [0.15, 0.2) is 0 Å². The van der Waals surface area contributed by atoms with Gasteiger partial charge in [0.2, 0.25) is 0 Å². The molecule has 0 bridgehead atoms. The van der Waals surface area contributed by atoms with Crippen LogP contribution in [0.2, 0.25) is 0 Å². The standard InChI is InChI=1S/C26H24F2IN2O5S/c1-3-9-29-23-13-31(15-7-5-4-6-8-15)20-12-21-17(11-22(20)37(34,35)30(23)2)16-10-18(26(32)33)24(27)25(28)19(16)14-36-21/h4-8,10-12,23H,3,9,13-14H2,1-2H3,(H,32,33)/q-1. The Kier molecular flexibility index (Phi) is 6.88. The molecule has 37 heavy (non-hydrogen) atoms. The molecule has 196 valence electrons. The molecule has 3 aromatic rings. The summed E-state index contributed by atoms with van der Waals surface area (Å²) < 4.78 is 65.0. The summed E-state index contributed by atoms with van der Waals surface area (Å²) in [5, 5.41) is 9.40. The molecule has 2 heterocycles. The zero-order chi connectivity index (χ0) is 26.5. The van der Waals surface area contributed by atoms with E-state index in [0.29, 0.717) is 12.2 Å². The monoisotopic (exact) mass is 641 g/mol. The van der Waals surface area contributed by atoms with E-state index in [1.165, 1.54) is 10.4 Å². The fourth-order valence-electron chi connectivity index (χ4n) is 4.55. The van der Waals surface area contributed by atoms with Gasteiger partial charge in [-0.1, -0.05) is 0 Å². The van der Waals surface area contributed by atoms with E-state index >= 15 is 0 Å². The van der Waals surface area contributed by atoms with Crippen molar-refractivity contribution < 1.29 is 53.0 Å². The number of carbonyl (C=O) groups is 1. The van der Waals surface area contributed by atoms with E-state index in [1.54, 1.807) is 13.1 Å². The Morgan fingerprint density at radius 1 is 1.14 bits per heavy atom. The van der Waals surface area contributed by atoms with E-state index in [2.05, 4.69) is 6.92 Å². The first-order valence-corrected chi connectivity index (χ1v) is 15.8. The quantitative estimate of drug-likeness (QED) is 0.260. The van der Waals surface area contributed by atoms with E-state index in [4.69, 9.17) is 4.74 Å². The predicted molar refractivity (Wildman–Crippen MR) is 130 cm³/mol. The molecular formula is C26H24F2IN2O5S-. The normalized spacial score (nSPS) is 18.4. The molecule has 0 amide bonds. The minimum atomic E-state index is -3.98. The van der Waals surface area contributed by atoms with Gasteiger partial charge in [-0.2, -0.15) is 0 Å². The first-order chi connectivity index (χ1) is 17.6. The number of nitrogens with zero attached hydrogens (tertiary/aromatic N) is 2. The van der Waals surface area contributed by atoms with E-state index in [1.807, 2.05) is 35.2 Å². The van der Waals surface area contributed by atoms with Crippen LogP contribution in [0.5, 0.6) is 5.75 Å². The number of benzene rings is 3. The zero-order valence-corrected chi connectivity index (χ0v) is 23.0. The Morgan fingerprint density at radius 3 is 2.54 bits per heavy atom. The van der Waals surface area contributed by atoms with Crippen LogP contribution in [-0.2, 0) is 16.6 Å². The van der Waals surface area contributed by atoms with Gasteiger partial charge in [0.25, 0.3) is 0 Å². The maximum absolute atomic E-state index is 14.8. The molecular weight excluding hydrogens is 617 g/mol. The molecule has 0 fully saturated rings. The molecule has 0 spiro atoms. The number of anilines is 2. The van der Waals surface area contributed by atoms with Gasteiger partial charge in [-0.15, -0.1) is 0 Å². The van der Waals surface area contributed by atoms with Crippen molar-refractivity contribution in [1.82, 2.24) is 4.31 Å². The molecule has 2 aliphatic rings. The van der Waals surface area contributed by atoms with Gasteiger partial charge in [0.05, 0.1) is 0 Å². The average molecular weight is 641 g/mol. The Hall–Kier alpha value is -2.77. The number of likely N-dealkylation sites (N-methyl/N-ethyl adjacent to an activating group) is 1. The second-order valence-corrected chi connectivity index (χ2v) is 14.1. The molecule has 1 atom stereocenters. The number of hydrogen-bond acceptors (Lipinski definition) is 5. The molecule has 5 rings (SSSR count). The van der Waals surface area contributed by atoms with Crippen LogP contribution < -0.4 is 30.8 Å². The van der Waals surface area contributed by atoms with Crippen molar-refractivity contribution in [2.75, 3.05) is 22.9 Å². The van der Waals surface area contributed by atoms with Gasteiger partial charge in [-0.3, -0.25) is 0 Å². The number of carboxylic acid groups (broad SMARTS) is 1. The number of aromatic carboxylic acids is 1. The SMILES string of the molecule is CCC[I-]C1CN(c2ccccc2)c2cc3c(cc2S(=O)(=O)N1C)-c1cc(C(=O)O)c(F)c(F)c1CO3. The van der Waals surface area contributed by atoms with Gasteiger partial charge in [-0.05, 0) is 0 Å². The number of ether oxygens (including phenoxy) is 1. The molecule has 1 N–H and O–H groups in total. The second-order valence-electron chi connectivity index (χ2n) is 8.73. The number of sulfonamides is 1. The third kappa shape index (κ3) is 4.36. The molecule has 0 saturated carbocycles. The zero-order valence-electron chi connectivity index (χ0n) is 20.0. The third-order valence-electron chi connectivity index (χ3n) is 6.48.